The van der Waals surface area contributed by atoms with Gasteiger partial charge in [0.05, 0.1) is 23.0 Å². The molecule has 5 nitrogen and oxygen atoms in total. The predicted molar refractivity (Wildman–Crippen MR) is 80.8 cm³/mol. The highest BCUT2D eigenvalue weighted by Gasteiger charge is 2.29. The Morgan fingerprint density at radius 1 is 1.33 bits per heavy atom. The molecule has 1 saturated heterocycles. The van der Waals surface area contributed by atoms with Gasteiger partial charge in [0.2, 0.25) is 5.91 Å². The molecule has 1 aliphatic heterocycles. The van der Waals surface area contributed by atoms with Crippen molar-refractivity contribution in [1.82, 2.24) is 14.5 Å². The van der Waals surface area contributed by atoms with Gasteiger partial charge in [-0.05, 0) is 31.9 Å². The summed E-state index contributed by atoms with van der Waals surface area (Å²) in [5.41, 5.74) is 1.41. The number of amides is 1. The maximum absolute atomic E-state index is 12.3. The van der Waals surface area contributed by atoms with E-state index in [-0.39, 0.29) is 5.91 Å². The molecule has 1 aromatic carbocycles. The molecule has 2 aromatic rings. The van der Waals surface area contributed by atoms with E-state index in [0.717, 1.165) is 11.0 Å². The van der Waals surface area contributed by atoms with Crippen molar-refractivity contribution in [2.75, 3.05) is 13.1 Å². The van der Waals surface area contributed by atoms with Crippen LogP contribution in [0.1, 0.15) is 26.2 Å². The fourth-order valence-corrected chi connectivity index (χ4v) is 2.80. The number of hydrogen-bond acceptors (Lipinski definition) is 3. The van der Waals surface area contributed by atoms with E-state index in [9.17, 15) is 9.90 Å². The number of benzene rings is 1. The third-order valence-corrected chi connectivity index (χ3v) is 4.29. The summed E-state index contributed by atoms with van der Waals surface area (Å²) in [5.74, 6) is 0.156. The van der Waals surface area contributed by atoms with E-state index in [2.05, 4.69) is 4.98 Å². The van der Waals surface area contributed by atoms with Crippen LogP contribution < -0.4 is 0 Å². The van der Waals surface area contributed by atoms with Crippen LogP contribution in [0.15, 0.2) is 30.6 Å². The molecular weight excluding hydrogens is 266 g/mol. The van der Waals surface area contributed by atoms with Crippen molar-refractivity contribution < 1.29 is 9.90 Å². The van der Waals surface area contributed by atoms with E-state index in [4.69, 9.17) is 0 Å². The number of piperidine rings is 1. The molecule has 1 amide bonds. The largest absolute Gasteiger partial charge is 0.390 e. The predicted octanol–water partition coefficient (Wildman–Crippen LogP) is 1.80. The van der Waals surface area contributed by atoms with Gasteiger partial charge in [-0.15, -0.1) is 0 Å². The molecule has 0 unspecified atom stereocenters. The van der Waals surface area contributed by atoms with E-state index in [0.29, 0.717) is 38.9 Å². The monoisotopic (exact) mass is 287 g/mol. The third-order valence-electron chi connectivity index (χ3n) is 4.29. The van der Waals surface area contributed by atoms with Crippen LogP contribution in [0.4, 0.5) is 0 Å². The number of carbonyl (C=O) groups is 1. The smallest absolute Gasteiger partial charge is 0.224 e. The summed E-state index contributed by atoms with van der Waals surface area (Å²) in [7, 11) is 0. The number of nitrogens with zero attached hydrogens (tertiary/aromatic N) is 3. The van der Waals surface area contributed by atoms with Crippen molar-refractivity contribution in [3.63, 3.8) is 0 Å². The number of fused-ring (bicyclic) bond motifs is 1. The van der Waals surface area contributed by atoms with Crippen molar-refractivity contribution >= 4 is 16.9 Å². The minimum absolute atomic E-state index is 0.156. The normalized spacial score (nSPS) is 18.1. The minimum Gasteiger partial charge on any atom is -0.390 e. The van der Waals surface area contributed by atoms with Crippen LogP contribution in [-0.2, 0) is 11.3 Å². The van der Waals surface area contributed by atoms with Crippen LogP contribution in [-0.4, -0.2) is 44.2 Å². The van der Waals surface area contributed by atoms with Crippen molar-refractivity contribution in [2.24, 2.45) is 0 Å². The van der Waals surface area contributed by atoms with E-state index in [1.54, 1.807) is 6.33 Å². The zero-order valence-corrected chi connectivity index (χ0v) is 12.3. The second-order valence-corrected chi connectivity index (χ2v) is 6.05. The number of imidazole rings is 1. The molecule has 3 rings (SSSR count). The maximum atomic E-state index is 12.3. The standard InChI is InChI=1S/C16H21N3O2/c1-16(21)7-10-18(11-8-16)15(20)6-9-19-12-17-13-4-2-3-5-14(13)19/h2-5,12,21H,6-11H2,1H3. The van der Waals surface area contributed by atoms with Gasteiger partial charge in [0, 0.05) is 26.1 Å². The molecule has 0 bridgehead atoms. The number of carbonyl (C=O) groups excluding carboxylic acids is 1. The summed E-state index contributed by atoms with van der Waals surface area (Å²) >= 11 is 0. The SMILES string of the molecule is CC1(O)CCN(C(=O)CCn2cnc3ccccc32)CC1. The topological polar surface area (TPSA) is 58.4 Å². The lowest BCUT2D eigenvalue weighted by Crippen LogP contribution is -2.45. The first-order chi connectivity index (χ1) is 10.1. The highest BCUT2D eigenvalue weighted by atomic mass is 16.3. The quantitative estimate of drug-likeness (QED) is 0.936. The fraction of sp³-hybridized carbons (Fsp3) is 0.500. The van der Waals surface area contributed by atoms with Gasteiger partial charge in [-0.25, -0.2) is 4.98 Å². The second-order valence-electron chi connectivity index (χ2n) is 6.05. The summed E-state index contributed by atoms with van der Waals surface area (Å²) in [4.78, 5) is 18.4. The van der Waals surface area contributed by atoms with Gasteiger partial charge in [-0.2, -0.15) is 0 Å². The number of likely N-dealkylation sites (tertiary alicyclic amines) is 1. The molecule has 0 saturated carbocycles. The van der Waals surface area contributed by atoms with Crippen molar-refractivity contribution in [3.05, 3.63) is 30.6 Å². The van der Waals surface area contributed by atoms with E-state index < -0.39 is 5.60 Å². The fourth-order valence-electron chi connectivity index (χ4n) is 2.80. The minimum atomic E-state index is -0.614. The third kappa shape index (κ3) is 3.08. The van der Waals surface area contributed by atoms with Crippen LogP contribution >= 0.6 is 0 Å². The van der Waals surface area contributed by atoms with Crippen LogP contribution in [0.25, 0.3) is 11.0 Å². The summed E-state index contributed by atoms with van der Waals surface area (Å²) in [6.45, 7) is 3.78. The average Bonchev–Trinajstić information content (AvgIpc) is 2.88. The molecule has 0 atom stereocenters. The lowest BCUT2D eigenvalue weighted by molar-refractivity contribution is -0.135. The average molecular weight is 287 g/mol. The molecule has 0 radical (unpaired) electrons. The van der Waals surface area contributed by atoms with Crippen LogP contribution in [0.5, 0.6) is 0 Å². The van der Waals surface area contributed by atoms with Crippen LogP contribution in [0.2, 0.25) is 0 Å². The summed E-state index contributed by atoms with van der Waals surface area (Å²) in [6, 6.07) is 7.94. The lowest BCUT2D eigenvalue weighted by Gasteiger charge is -2.35. The maximum Gasteiger partial charge on any atom is 0.224 e. The van der Waals surface area contributed by atoms with Gasteiger partial charge in [-0.1, -0.05) is 12.1 Å². The number of para-hydroxylation sites is 2. The molecule has 1 aromatic heterocycles. The molecular formula is C16H21N3O2. The van der Waals surface area contributed by atoms with E-state index in [1.807, 2.05) is 40.7 Å². The highest BCUT2D eigenvalue weighted by molar-refractivity contribution is 5.77. The molecule has 112 valence electrons. The summed E-state index contributed by atoms with van der Waals surface area (Å²) in [6.07, 6.45) is 3.58. The van der Waals surface area contributed by atoms with Crippen LogP contribution in [0, 0.1) is 0 Å². The van der Waals surface area contributed by atoms with E-state index in [1.165, 1.54) is 0 Å². The Balaban J connectivity index is 1.59. The number of aryl methyl sites for hydroxylation is 1. The molecule has 1 N–H and O–H groups in total. The Bertz CT molecular complexity index is 638. The van der Waals surface area contributed by atoms with Gasteiger partial charge in [0.15, 0.2) is 0 Å². The molecule has 0 aliphatic carbocycles. The molecule has 2 heterocycles. The first-order valence-corrected chi connectivity index (χ1v) is 7.45. The van der Waals surface area contributed by atoms with Gasteiger partial charge in [0.1, 0.15) is 0 Å². The van der Waals surface area contributed by atoms with Gasteiger partial charge in [0.25, 0.3) is 0 Å². The summed E-state index contributed by atoms with van der Waals surface area (Å²) in [5, 5.41) is 9.92. The molecule has 1 fully saturated rings. The number of aliphatic hydroxyl groups is 1. The van der Waals surface area contributed by atoms with Gasteiger partial charge in [-0.3, -0.25) is 4.79 Å². The number of hydrogen-bond donors (Lipinski definition) is 1. The lowest BCUT2D eigenvalue weighted by atomic mass is 9.94. The summed E-state index contributed by atoms with van der Waals surface area (Å²) < 4.78 is 2.02. The second kappa shape index (κ2) is 5.48. The van der Waals surface area contributed by atoms with Gasteiger partial charge < -0.3 is 14.6 Å². The number of aromatic nitrogens is 2. The van der Waals surface area contributed by atoms with Crippen molar-refractivity contribution in [2.45, 2.75) is 38.3 Å². The molecule has 5 heteroatoms. The molecule has 21 heavy (non-hydrogen) atoms. The number of rotatable bonds is 3. The first-order valence-electron chi connectivity index (χ1n) is 7.45. The van der Waals surface area contributed by atoms with Crippen molar-refractivity contribution in [1.29, 1.82) is 0 Å². The zero-order valence-electron chi connectivity index (χ0n) is 12.3. The molecule has 1 aliphatic rings. The van der Waals surface area contributed by atoms with Crippen molar-refractivity contribution in [3.8, 4) is 0 Å². The van der Waals surface area contributed by atoms with Gasteiger partial charge >= 0.3 is 0 Å². The van der Waals surface area contributed by atoms with Crippen LogP contribution in [0.3, 0.4) is 0 Å². The Morgan fingerprint density at radius 2 is 2.05 bits per heavy atom. The Labute approximate surface area is 124 Å². The highest BCUT2D eigenvalue weighted by Crippen LogP contribution is 2.21. The Morgan fingerprint density at radius 3 is 2.81 bits per heavy atom. The Kier molecular flexibility index (Phi) is 3.68. The first kappa shape index (κ1) is 14.1. The molecule has 0 spiro atoms. The Hall–Kier alpha value is -1.88. The van der Waals surface area contributed by atoms with E-state index >= 15 is 0 Å². The zero-order chi connectivity index (χ0) is 14.9.